The van der Waals surface area contributed by atoms with Crippen molar-refractivity contribution in [3.63, 3.8) is 0 Å². The van der Waals surface area contributed by atoms with Gasteiger partial charge >= 0.3 is 0 Å². The van der Waals surface area contributed by atoms with Crippen LogP contribution in [0.1, 0.15) is 16.1 Å². The molecule has 0 bridgehead atoms. The molecule has 8 heteroatoms. The average Bonchev–Trinajstić information content (AvgIpc) is 3.27. The Morgan fingerprint density at radius 2 is 1.44 bits per heavy atom. The molecule has 0 fully saturated rings. The normalized spacial score (nSPS) is 10.9. The van der Waals surface area contributed by atoms with E-state index >= 15 is 0 Å². The summed E-state index contributed by atoms with van der Waals surface area (Å²) < 4.78 is 5.75. The van der Waals surface area contributed by atoms with E-state index in [0.717, 1.165) is 5.56 Å². The molecule has 0 aliphatic heterocycles. The van der Waals surface area contributed by atoms with Gasteiger partial charge in [-0.1, -0.05) is 46.9 Å². The van der Waals surface area contributed by atoms with Crippen molar-refractivity contribution in [1.82, 2.24) is 0 Å². The highest BCUT2D eigenvalue weighted by molar-refractivity contribution is 6.35. The van der Waals surface area contributed by atoms with Gasteiger partial charge in [0.25, 0.3) is 5.91 Å². The second kappa shape index (κ2) is 10.6. The lowest BCUT2D eigenvalue weighted by atomic mass is 10.2. The molecule has 0 radical (unpaired) electrons. The Labute approximate surface area is 210 Å². The lowest BCUT2D eigenvalue weighted by molar-refractivity contribution is -0.111. The number of benzene rings is 3. The minimum absolute atomic E-state index is 0.305. The van der Waals surface area contributed by atoms with E-state index < -0.39 is 0 Å². The van der Waals surface area contributed by atoms with Crippen LogP contribution in [0.25, 0.3) is 17.4 Å². The topological polar surface area (TPSA) is 71.3 Å². The molecule has 170 valence electrons. The number of nitrogens with one attached hydrogen (secondary N) is 2. The number of halogens is 3. The number of carbonyl (C=O) groups is 2. The molecule has 1 heterocycles. The molecule has 4 rings (SSSR count). The van der Waals surface area contributed by atoms with Crippen LogP contribution in [0.3, 0.4) is 0 Å². The molecular weight excluding hydrogens is 495 g/mol. The van der Waals surface area contributed by atoms with Crippen molar-refractivity contribution < 1.29 is 14.0 Å². The molecule has 3 aromatic carbocycles. The first-order valence-electron chi connectivity index (χ1n) is 10.1. The highest BCUT2D eigenvalue weighted by Gasteiger charge is 2.08. The number of hydrogen-bond donors (Lipinski definition) is 2. The Bertz CT molecular complexity index is 1380. The Kier molecular flexibility index (Phi) is 7.38. The first-order chi connectivity index (χ1) is 16.4. The number of amides is 2. The molecule has 0 aliphatic rings. The minimum Gasteiger partial charge on any atom is -0.457 e. The second-order valence-electron chi connectivity index (χ2n) is 7.23. The third-order valence-electron chi connectivity index (χ3n) is 4.65. The van der Waals surface area contributed by atoms with Gasteiger partial charge in [0.1, 0.15) is 11.5 Å². The van der Waals surface area contributed by atoms with Crippen LogP contribution in [0.5, 0.6) is 0 Å². The van der Waals surface area contributed by atoms with Gasteiger partial charge in [0.15, 0.2) is 0 Å². The van der Waals surface area contributed by atoms with Crippen LogP contribution in [0, 0.1) is 0 Å². The van der Waals surface area contributed by atoms with Gasteiger partial charge in [-0.2, -0.15) is 0 Å². The van der Waals surface area contributed by atoms with Crippen LogP contribution in [0.2, 0.25) is 15.1 Å². The molecule has 5 nitrogen and oxygen atoms in total. The third-order valence-corrected chi connectivity index (χ3v) is 5.32. The summed E-state index contributed by atoms with van der Waals surface area (Å²) in [4.78, 5) is 24.8. The van der Waals surface area contributed by atoms with Gasteiger partial charge in [-0.3, -0.25) is 9.59 Å². The fourth-order valence-electron chi connectivity index (χ4n) is 3.14. The van der Waals surface area contributed by atoms with E-state index in [2.05, 4.69) is 10.6 Å². The summed E-state index contributed by atoms with van der Waals surface area (Å²) >= 11 is 18.0. The molecule has 0 saturated heterocycles. The lowest BCUT2D eigenvalue weighted by Gasteiger charge is -2.08. The van der Waals surface area contributed by atoms with Crippen molar-refractivity contribution in [1.29, 1.82) is 0 Å². The summed E-state index contributed by atoms with van der Waals surface area (Å²) in [6.07, 6.45) is 2.90. The number of carbonyl (C=O) groups excluding carboxylic acids is 2. The van der Waals surface area contributed by atoms with E-state index in [1.807, 2.05) is 0 Å². The highest BCUT2D eigenvalue weighted by Crippen LogP contribution is 2.29. The van der Waals surface area contributed by atoms with E-state index in [-0.39, 0.29) is 11.8 Å². The van der Waals surface area contributed by atoms with Gasteiger partial charge in [0.05, 0.1) is 0 Å². The zero-order valence-electron chi connectivity index (χ0n) is 17.5. The van der Waals surface area contributed by atoms with Gasteiger partial charge in [-0.05, 0) is 72.8 Å². The summed E-state index contributed by atoms with van der Waals surface area (Å²) in [5, 5.41) is 7.01. The number of furan rings is 1. The first-order valence-corrected chi connectivity index (χ1v) is 11.2. The Morgan fingerprint density at radius 1 is 0.735 bits per heavy atom. The Morgan fingerprint density at radius 3 is 2.18 bits per heavy atom. The van der Waals surface area contributed by atoms with Crippen molar-refractivity contribution in [3.05, 3.63) is 111 Å². The van der Waals surface area contributed by atoms with Crippen LogP contribution in [-0.4, -0.2) is 11.8 Å². The largest absolute Gasteiger partial charge is 0.457 e. The zero-order valence-corrected chi connectivity index (χ0v) is 19.8. The van der Waals surface area contributed by atoms with Gasteiger partial charge in [-0.25, -0.2) is 0 Å². The molecule has 0 aliphatic carbocycles. The predicted molar refractivity (Wildman–Crippen MR) is 138 cm³/mol. The molecule has 1 aromatic heterocycles. The molecule has 4 aromatic rings. The molecule has 2 amide bonds. The summed E-state index contributed by atoms with van der Waals surface area (Å²) in [5.74, 6) is 0.402. The van der Waals surface area contributed by atoms with E-state index in [1.54, 1.807) is 84.9 Å². The van der Waals surface area contributed by atoms with Gasteiger partial charge in [-0.15, -0.1) is 0 Å². The van der Waals surface area contributed by atoms with Crippen LogP contribution < -0.4 is 10.6 Å². The number of anilines is 2. The van der Waals surface area contributed by atoms with E-state index in [0.29, 0.717) is 43.5 Å². The summed E-state index contributed by atoms with van der Waals surface area (Å²) in [6.45, 7) is 0. The average molecular weight is 512 g/mol. The molecule has 0 saturated carbocycles. The van der Waals surface area contributed by atoms with Crippen LogP contribution in [0.15, 0.2) is 89.4 Å². The smallest absolute Gasteiger partial charge is 0.255 e. The molecule has 0 atom stereocenters. The SMILES string of the molecule is O=C(/C=C/c1ccc(-c2cc(Cl)cc(Cl)c2)o1)Nc1cccc(NC(=O)c2cccc(Cl)c2)c1. The van der Waals surface area contributed by atoms with Crippen molar-refractivity contribution in [2.24, 2.45) is 0 Å². The standard InChI is InChI=1S/C26H17Cl3N2O3/c27-18-4-1-3-16(11-18)26(33)31-22-6-2-5-21(15-22)30-25(32)10-8-23-7-9-24(34-23)17-12-19(28)14-20(29)13-17/h1-15H,(H,30,32)(H,31,33)/b10-8+. The van der Waals surface area contributed by atoms with Gasteiger partial charge in [0.2, 0.25) is 5.91 Å². The van der Waals surface area contributed by atoms with Crippen molar-refractivity contribution in [3.8, 4) is 11.3 Å². The lowest BCUT2D eigenvalue weighted by Crippen LogP contribution is -2.12. The maximum Gasteiger partial charge on any atom is 0.255 e. The maximum absolute atomic E-state index is 12.4. The monoisotopic (exact) mass is 510 g/mol. The third kappa shape index (κ3) is 6.29. The summed E-state index contributed by atoms with van der Waals surface area (Å²) in [5.41, 5.74) is 2.22. The van der Waals surface area contributed by atoms with E-state index in [4.69, 9.17) is 39.2 Å². The van der Waals surface area contributed by atoms with Gasteiger partial charge in [0, 0.05) is 43.6 Å². The Hall–Kier alpha value is -3.51. The first kappa shape index (κ1) is 23.6. The molecular formula is C26H17Cl3N2O3. The van der Waals surface area contributed by atoms with Crippen LogP contribution >= 0.6 is 34.8 Å². The fourth-order valence-corrected chi connectivity index (χ4v) is 3.86. The quantitative estimate of drug-likeness (QED) is 0.259. The van der Waals surface area contributed by atoms with Crippen LogP contribution in [-0.2, 0) is 4.79 Å². The minimum atomic E-state index is -0.359. The van der Waals surface area contributed by atoms with Crippen molar-refractivity contribution in [2.45, 2.75) is 0 Å². The van der Waals surface area contributed by atoms with E-state index in [9.17, 15) is 9.59 Å². The summed E-state index contributed by atoms with van der Waals surface area (Å²) in [7, 11) is 0. The number of hydrogen-bond acceptors (Lipinski definition) is 3. The van der Waals surface area contributed by atoms with E-state index in [1.165, 1.54) is 6.08 Å². The fraction of sp³-hybridized carbons (Fsp3) is 0. The highest BCUT2D eigenvalue weighted by atomic mass is 35.5. The molecule has 0 spiro atoms. The predicted octanol–water partition coefficient (Wildman–Crippen LogP) is 7.81. The van der Waals surface area contributed by atoms with Crippen LogP contribution in [0.4, 0.5) is 11.4 Å². The summed E-state index contributed by atoms with van der Waals surface area (Å²) in [6, 6.07) is 22.1. The Balaban J connectivity index is 1.39. The molecule has 34 heavy (non-hydrogen) atoms. The number of rotatable bonds is 6. The van der Waals surface area contributed by atoms with Crippen molar-refractivity contribution in [2.75, 3.05) is 10.6 Å². The van der Waals surface area contributed by atoms with Gasteiger partial charge < -0.3 is 15.1 Å². The molecule has 2 N–H and O–H groups in total. The second-order valence-corrected chi connectivity index (χ2v) is 8.54. The molecule has 0 unspecified atom stereocenters. The zero-order chi connectivity index (χ0) is 24.1. The maximum atomic E-state index is 12.4. The van der Waals surface area contributed by atoms with Crippen molar-refractivity contribution >= 4 is 64.1 Å².